The van der Waals surface area contributed by atoms with Gasteiger partial charge in [-0.3, -0.25) is 0 Å². The summed E-state index contributed by atoms with van der Waals surface area (Å²) >= 11 is 5.86. The van der Waals surface area contributed by atoms with E-state index in [-0.39, 0.29) is 11.9 Å². The first-order chi connectivity index (χ1) is 8.49. The van der Waals surface area contributed by atoms with Gasteiger partial charge in [-0.05, 0) is 60.4 Å². The van der Waals surface area contributed by atoms with Gasteiger partial charge >= 0.3 is 0 Å². The second-order valence-corrected chi connectivity index (χ2v) is 4.92. The molecule has 3 heteroatoms. The van der Waals surface area contributed by atoms with Crippen molar-refractivity contribution in [3.8, 4) is 0 Å². The summed E-state index contributed by atoms with van der Waals surface area (Å²) in [5.41, 5.74) is 9.93. The Balaban J connectivity index is 2.46. The van der Waals surface area contributed by atoms with Gasteiger partial charge in [0, 0.05) is 5.02 Å². The Morgan fingerprint density at radius 1 is 1.06 bits per heavy atom. The summed E-state index contributed by atoms with van der Waals surface area (Å²) < 4.78 is 13.3. The van der Waals surface area contributed by atoms with Gasteiger partial charge in [0.1, 0.15) is 5.82 Å². The van der Waals surface area contributed by atoms with Gasteiger partial charge in [-0.1, -0.05) is 23.7 Å². The molecular formula is C15H15ClFN. The lowest BCUT2D eigenvalue weighted by Gasteiger charge is -2.18. The molecule has 2 N–H and O–H groups in total. The summed E-state index contributed by atoms with van der Waals surface area (Å²) in [5.74, 6) is -0.225. The zero-order chi connectivity index (χ0) is 13.3. The first-order valence-corrected chi connectivity index (χ1v) is 6.14. The summed E-state index contributed by atoms with van der Waals surface area (Å²) in [7, 11) is 0. The van der Waals surface area contributed by atoms with Gasteiger partial charge in [0.25, 0.3) is 0 Å². The van der Waals surface area contributed by atoms with Crippen LogP contribution in [0.3, 0.4) is 0 Å². The first-order valence-electron chi connectivity index (χ1n) is 5.76. The van der Waals surface area contributed by atoms with Crippen molar-refractivity contribution in [2.24, 2.45) is 5.73 Å². The molecule has 0 aliphatic rings. The van der Waals surface area contributed by atoms with Crippen LogP contribution in [0, 0.1) is 19.7 Å². The van der Waals surface area contributed by atoms with Gasteiger partial charge in [0.05, 0.1) is 6.04 Å². The maximum Gasteiger partial charge on any atom is 0.123 e. The minimum absolute atomic E-state index is 0.225. The zero-order valence-electron chi connectivity index (χ0n) is 10.4. The summed E-state index contributed by atoms with van der Waals surface area (Å²) in [4.78, 5) is 0. The summed E-state index contributed by atoms with van der Waals surface area (Å²) in [6.45, 7) is 3.75. The third kappa shape index (κ3) is 2.55. The molecule has 0 spiro atoms. The van der Waals surface area contributed by atoms with Crippen molar-refractivity contribution in [2.45, 2.75) is 19.9 Å². The van der Waals surface area contributed by atoms with Gasteiger partial charge < -0.3 is 5.73 Å². The van der Waals surface area contributed by atoms with Crippen LogP contribution in [-0.2, 0) is 0 Å². The fourth-order valence-corrected chi connectivity index (χ4v) is 2.38. The fourth-order valence-electron chi connectivity index (χ4n) is 2.25. The molecular weight excluding hydrogens is 249 g/mol. The van der Waals surface area contributed by atoms with Gasteiger partial charge in [-0.2, -0.15) is 0 Å². The molecule has 0 heterocycles. The third-order valence-electron chi connectivity index (χ3n) is 3.10. The molecule has 1 atom stereocenters. The molecule has 0 fully saturated rings. The number of hydrogen-bond acceptors (Lipinski definition) is 1. The van der Waals surface area contributed by atoms with E-state index in [9.17, 15) is 4.39 Å². The van der Waals surface area contributed by atoms with E-state index in [1.54, 1.807) is 0 Å². The predicted octanol–water partition coefficient (Wildman–Crippen LogP) is 4.14. The van der Waals surface area contributed by atoms with Crippen molar-refractivity contribution in [1.82, 2.24) is 0 Å². The number of aryl methyl sites for hydroxylation is 2. The van der Waals surface area contributed by atoms with Crippen LogP contribution in [0.4, 0.5) is 4.39 Å². The van der Waals surface area contributed by atoms with Gasteiger partial charge in [0.15, 0.2) is 0 Å². The van der Waals surface area contributed by atoms with Gasteiger partial charge in [-0.15, -0.1) is 0 Å². The number of benzene rings is 2. The number of halogens is 2. The van der Waals surface area contributed by atoms with E-state index in [4.69, 9.17) is 17.3 Å². The Bertz CT molecular complexity index is 540. The highest BCUT2D eigenvalue weighted by molar-refractivity contribution is 6.30. The fraction of sp³-hybridized carbons (Fsp3) is 0.200. The second-order valence-electron chi connectivity index (χ2n) is 4.48. The molecule has 2 aromatic rings. The molecule has 2 rings (SSSR count). The van der Waals surface area contributed by atoms with E-state index in [2.05, 4.69) is 0 Å². The molecule has 18 heavy (non-hydrogen) atoms. The monoisotopic (exact) mass is 263 g/mol. The third-order valence-corrected chi connectivity index (χ3v) is 3.35. The molecule has 0 bridgehead atoms. The van der Waals surface area contributed by atoms with Crippen LogP contribution in [0.1, 0.15) is 28.3 Å². The van der Waals surface area contributed by atoms with Crippen molar-refractivity contribution in [2.75, 3.05) is 0 Å². The maximum absolute atomic E-state index is 13.3. The van der Waals surface area contributed by atoms with Crippen molar-refractivity contribution in [3.63, 3.8) is 0 Å². The number of rotatable bonds is 2. The normalized spacial score (nSPS) is 12.5. The van der Waals surface area contributed by atoms with Gasteiger partial charge in [-0.25, -0.2) is 4.39 Å². The van der Waals surface area contributed by atoms with Crippen molar-refractivity contribution >= 4 is 11.6 Å². The second kappa shape index (κ2) is 5.09. The standard InChI is InChI=1S/C15H15ClFN/c1-9-7-13(17)8-10(2)14(9)15(18)11-3-5-12(16)6-4-11/h3-8,15H,18H2,1-2H3. The molecule has 0 saturated carbocycles. The van der Waals surface area contributed by atoms with E-state index in [0.717, 1.165) is 22.3 Å². The van der Waals surface area contributed by atoms with Crippen LogP contribution in [0.2, 0.25) is 5.02 Å². The first kappa shape index (κ1) is 13.1. The van der Waals surface area contributed by atoms with E-state index in [1.165, 1.54) is 12.1 Å². The van der Waals surface area contributed by atoms with E-state index in [0.29, 0.717) is 5.02 Å². The average Bonchev–Trinajstić information content (AvgIpc) is 2.28. The van der Waals surface area contributed by atoms with Crippen LogP contribution in [0.25, 0.3) is 0 Å². The lowest BCUT2D eigenvalue weighted by atomic mass is 9.92. The molecule has 2 aromatic carbocycles. The smallest absolute Gasteiger partial charge is 0.123 e. The molecule has 1 nitrogen and oxygen atoms in total. The molecule has 0 aromatic heterocycles. The molecule has 94 valence electrons. The Morgan fingerprint density at radius 3 is 2.06 bits per heavy atom. The molecule has 0 saturated heterocycles. The van der Waals surface area contributed by atoms with Crippen LogP contribution in [-0.4, -0.2) is 0 Å². The predicted molar refractivity (Wildman–Crippen MR) is 73.4 cm³/mol. The zero-order valence-corrected chi connectivity index (χ0v) is 11.1. The van der Waals surface area contributed by atoms with Crippen molar-refractivity contribution in [3.05, 3.63) is 69.5 Å². The molecule has 1 unspecified atom stereocenters. The highest BCUT2D eigenvalue weighted by Gasteiger charge is 2.15. The molecule has 0 aliphatic carbocycles. The number of nitrogens with two attached hydrogens (primary N) is 1. The largest absolute Gasteiger partial charge is 0.320 e. The van der Waals surface area contributed by atoms with E-state index in [1.807, 2.05) is 38.1 Å². The topological polar surface area (TPSA) is 26.0 Å². The minimum atomic E-state index is -0.261. The quantitative estimate of drug-likeness (QED) is 0.866. The number of hydrogen-bond donors (Lipinski definition) is 1. The Morgan fingerprint density at radius 2 is 1.56 bits per heavy atom. The highest BCUT2D eigenvalue weighted by Crippen LogP contribution is 2.27. The highest BCUT2D eigenvalue weighted by atomic mass is 35.5. The summed E-state index contributed by atoms with van der Waals surface area (Å²) in [5, 5.41) is 0.679. The lowest BCUT2D eigenvalue weighted by Crippen LogP contribution is -2.15. The Kier molecular flexibility index (Phi) is 3.69. The SMILES string of the molecule is Cc1cc(F)cc(C)c1C(N)c1ccc(Cl)cc1. The van der Waals surface area contributed by atoms with Crippen molar-refractivity contribution < 1.29 is 4.39 Å². The summed E-state index contributed by atoms with van der Waals surface area (Å²) in [6.07, 6.45) is 0. The van der Waals surface area contributed by atoms with Crippen LogP contribution < -0.4 is 5.73 Å². The molecule has 0 radical (unpaired) electrons. The maximum atomic E-state index is 13.3. The summed E-state index contributed by atoms with van der Waals surface area (Å²) in [6, 6.07) is 10.2. The Hall–Kier alpha value is -1.38. The van der Waals surface area contributed by atoms with Gasteiger partial charge in [0.2, 0.25) is 0 Å². The van der Waals surface area contributed by atoms with Crippen LogP contribution >= 0.6 is 11.6 Å². The lowest BCUT2D eigenvalue weighted by molar-refractivity contribution is 0.623. The van der Waals surface area contributed by atoms with E-state index < -0.39 is 0 Å². The van der Waals surface area contributed by atoms with Crippen LogP contribution in [0.5, 0.6) is 0 Å². The Labute approximate surface area is 111 Å². The minimum Gasteiger partial charge on any atom is -0.320 e. The van der Waals surface area contributed by atoms with Crippen molar-refractivity contribution in [1.29, 1.82) is 0 Å². The van der Waals surface area contributed by atoms with Crippen LogP contribution in [0.15, 0.2) is 36.4 Å². The molecule has 0 amide bonds. The van der Waals surface area contributed by atoms with E-state index >= 15 is 0 Å². The molecule has 0 aliphatic heterocycles. The average molecular weight is 264 g/mol.